The van der Waals surface area contributed by atoms with E-state index in [9.17, 15) is 21.2 Å². The van der Waals surface area contributed by atoms with Crippen LogP contribution in [-0.2, 0) is 20.0 Å². The van der Waals surface area contributed by atoms with Gasteiger partial charge >= 0.3 is 10.2 Å². The first-order chi connectivity index (χ1) is 8.02. The monoisotopic (exact) mass is 299 g/mol. The van der Waals surface area contributed by atoms with Gasteiger partial charge in [0.25, 0.3) is 0 Å². The molecule has 0 unspecified atom stereocenters. The van der Waals surface area contributed by atoms with Gasteiger partial charge in [-0.2, -0.15) is 17.8 Å². The summed E-state index contributed by atoms with van der Waals surface area (Å²) in [6.07, 6.45) is 0.566. The second-order valence-electron chi connectivity index (χ2n) is 4.02. The Morgan fingerprint density at radius 3 is 2.17 bits per heavy atom. The third-order valence-electron chi connectivity index (χ3n) is 2.22. The Hall–Kier alpha value is -1.00. The van der Waals surface area contributed by atoms with Crippen LogP contribution in [-0.4, -0.2) is 49.7 Å². The fourth-order valence-corrected chi connectivity index (χ4v) is 3.49. The van der Waals surface area contributed by atoms with Gasteiger partial charge in [0, 0.05) is 14.1 Å². The van der Waals surface area contributed by atoms with E-state index in [-0.39, 0.29) is 4.09 Å². The fourth-order valence-electron chi connectivity index (χ4n) is 1.09. The summed E-state index contributed by atoms with van der Waals surface area (Å²) in [4.78, 5) is 0. The molecule has 0 amide bonds. The van der Waals surface area contributed by atoms with Gasteiger partial charge in [-0.1, -0.05) is 0 Å². The molecule has 0 saturated carbocycles. The van der Waals surface area contributed by atoms with E-state index >= 15 is 0 Å². The van der Waals surface area contributed by atoms with Crippen molar-refractivity contribution in [1.29, 1.82) is 0 Å². The first-order valence-corrected chi connectivity index (χ1v) is 7.87. The lowest BCUT2D eigenvalue weighted by atomic mass is 10.6. The summed E-state index contributed by atoms with van der Waals surface area (Å²) < 4.78 is 62.0. The van der Waals surface area contributed by atoms with Gasteiger partial charge in [-0.3, -0.25) is 0 Å². The molecule has 0 aliphatic heterocycles. The maximum absolute atomic E-state index is 13.5. The van der Waals surface area contributed by atoms with Crippen molar-refractivity contribution in [2.75, 3.05) is 14.1 Å². The minimum Gasteiger partial charge on any atom is -0.222 e. The van der Waals surface area contributed by atoms with E-state index in [1.54, 1.807) is 0 Å². The van der Waals surface area contributed by atoms with Crippen LogP contribution >= 0.6 is 0 Å². The minimum atomic E-state index is -4.18. The molecule has 0 aliphatic carbocycles. The molecule has 0 aromatic carbocycles. The first kappa shape index (κ1) is 15.1. The summed E-state index contributed by atoms with van der Waals surface area (Å²) in [6.45, 7) is 2.66. The molecule has 0 N–H and O–H groups in total. The van der Waals surface area contributed by atoms with E-state index in [2.05, 4.69) is 5.10 Å². The Bertz CT molecular complexity index is 646. The summed E-state index contributed by atoms with van der Waals surface area (Å²) in [7, 11) is -5.89. The van der Waals surface area contributed by atoms with E-state index in [0.717, 1.165) is 4.31 Å². The molecule has 18 heavy (non-hydrogen) atoms. The summed E-state index contributed by atoms with van der Waals surface area (Å²) in [5.74, 6) is -1.19. The van der Waals surface area contributed by atoms with Crippen molar-refractivity contribution in [2.45, 2.75) is 24.1 Å². The molecular weight excluding hydrogens is 285 g/mol. The van der Waals surface area contributed by atoms with E-state index in [4.69, 9.17) is 0 Å². The molecule has 0 bridgehead atoms. The van der Waals surface area contributed by atoms with Crippen LogP contribution in [0.5, 0.6) is 0 Å². The molecule has 0 radical (unpaired) electrons. The Balaban J connectivity index is 3.65. The first-order valence-electron chi connectivity index (χ1n) is 4.93. The van der Waals surface area contributed by atoms with Crippen molar-refractivity contribution < 1.29 is 21.2 Å². The van der Waals surface area contributed by atoms with Gasteiger partial charge in [0.15, 0.2) is 5.82 Å². The molecule has 0 fully saturated rings. The van der Waals surface area contributed by atoms with E-state index in [0.29, 0.717) is 6.20 Å². The van der Waals surface area contributed by atoms with Crippen LogP contribution in [0.2, 0.25) is 0 Å². The molecule has 0 aliphatic rings. The molecule has 0 saturated heterocycles. The number of nitrogens with zero attached hydrogens (tertiary/aromatic N) is 3. The summed E-state index contributed by atoms with van der Waals surface area (Å²) in [6, 6.07) is 0. The molecule has 1 heterocycles. The number of sulfone groups is 1. The second-order valence-corrected chi connectivity index (χ2v) is 8.42. The molecule has 0 spiro atoms. The predicted molar refractivity (Wildman–Crippen MR) is 62.5 cm³/mol. The van der Waals surface area contributed by atoms with Gasteiger partial charge in [-0.25, -0.2) is 12.8 Å². The average Bonchev–Trinajstić information content (AvgIpc) is 2.60. The summed E-state index contributed by atoms with van der Waals surface area (Å²) >= 11 is 0. The van der Waals surface area contributed by atoms with Gasteiger partial charge in [0.2, 0.25) is 14.9 Å². The van der Waals surface area contributed by atoms with Gasteiger partial charge in [0.05, 0.1) is 11.4 Å². The van der Waals surface area contributed by atoms with Crippen molar-refractivity contribution in [2.24, 2.45) is 0 Å². The van der Waals surface area contributed by atoms with Gasteiger partial charge in [0.1, 0.15) is 0 Å². The molecule has 1 aromatic rings. The average molecular weight is 299 g/mol. The SMILES string of the molecule is CC(C)S(=O)(=O)c1c(F)cnn1S(=O)(=O)N(C)C. The van der Waals surface area contributed by atoms with Crippen LogP contribution in [0, 0.1) is 5.82 Å². The van der Waals surface area contributed by atoms with Crippen LogP contribution < -0.4 is 0 Å². The van der Waals surface area contributed by atoms with Crippen molar-refractivity contribution in [3.63, 3.8) is 0 Å². The van der Waals surface area contributed by atoms with E-state index in [1.807, 2.05) is 0 Å². The third kappa shape index (κ3) is 2.27. The number of aromatic nitrogens is 2. The van der Waals surface area contributed by atoms with Crippen LogP contribution in [0.4, 0.5) is 4.39 Å². The maximum Gasteiger partial charge on any atom is 0.323 e. The second kappa shape index (κ2) is 4.59. The topological polar surface area (TPSA) is 89.3 Å². The summed E-state index contributed by atoms with van der Waals surface area (Å²) in [5.41, 5.74) is 0. The molecular formula is C8H14FN3O4S2. The Morgan fingerprint density at radius 1 is 1.28 bits per heavy atom. The van der Waals surface area contributed by atoms with Crippen molar-refractivity contribution >= 4 is 20.0 Å². The Morgan fingerprint density at radius 2 is 1.78 bits per heavy atom. The molecule has 1 aromatic heterocycles. The third-order valence-corrected chi connectivity index (χ3v) is 6.12. The van der Waals surface area contributed by atoms with Gasteiger partial charge in [-0.15, -0.1) is 4.09 Å². The zero-order valence-electron chi connectivity index (χ0n) is 10.3. The van der Waals surface area contributed by atoms with Crippen LogP contribution in [0.15, 0.2) is 11.2 Å². The zero-order chi connectivity index (χ0) is 14.3. The highest BCUT2D eigenvalue weighted by Gasteiger charge is 2.34. The summed E-state index contributed by atoms with van der Waals surface area (Å²) in [5, 5.41) is 1.39. The molecule has 0 atom stereocenters. The lowest BCUT2D eigenvalue weighted by Crippen LogP contribution is -2.33. The highest BCUT2D eigenvalue weighted by Crippen LogP contribution is 2.21. The molecule has 10 heteroatoms. The molecule has 1 rings (SSSR count). The normalized spacial score (nSPS) is 13.5. The minimum absolute atomic E-state index is 0.192. The van der Waals surface area contributed by atoms with Gasteiger partial charge in [-0.05, 0) is 13.8 Å². The maximum atomic E-state index is 13.5. The molecule has 7 nitrogen and oxygen atoms in total. The van der Waals surface area contributed by atoms with Gasteiger partial charge < -0.3 is 0 Å². The number of halogens is 1. The number of hydrogen-bond acceptors (Lipinski definition) is 5. The van der Waals surface area contributed by atoms with E-state index < -0.39 is 36.1 Å². The number of rotatable bonds is 4. The lowest BCUT2D eigenvalue weighted by molar-refractivity contribution is 0.489. The quantitative estimate of drug-likeness (QED) is 0.772. The van der Waals surface area contributed by atoms with Crippen LogP contribution in [0.3, 0.4) is 0 Å². The van der Waals surface area contributed by atoms with Crippen LogP contribution in [0.1, 0.15) is 13.8 Å². The van der Waals surface area contributed by atoms with Crippen molar-refractivity contribution in [3.05, 3.63) is 12.0 Å². The smallest absolute Gasteiger partial charge is 0.222 e. The predicted octanol–water partition coefficient (Wildman–Crippen LogP) is -0.141. The Labute approximate surface area is 105 Å². The number of hydrogen-bond donors (Lipinski definition) is 0. The lowest BCUT2D eigenvalue weighted by Gasteiger charge is -2.14. The highest BCUT2D eigenvalue weighted by atomic mass is 32.2. The standard InChI is InChI=1S/C8H14FN3O4S2/c1-6(2)17(13,14)8-7(9)5-10-12(8)18(15,16)11(3)4/h5-6H,1-4H3. The molecule has 104 valence electrons. The van der Waals surface area contributed by atoms with Crippen molar-refractivity contribution in [1.82, 2.24) is 13.5 Å². The Kier molecular flexibility index (Phi) is 3.84. The van der Waals surface area contributed by atoms with Crippen molar-refractivity contribution in [3.8, 4) is 0 Å². The fraction of sp³-hybridized carbons (Fsp3) is 0.625. The zero-order valence-corrected chi connectivity index (χ0v) is 12.0. The largest absolute Gasteiger partial charge is 0.323 e. The van der Waals surface area contributed by atoms with Crippen LogP contribution in [0.25, 0.3) is 0 Å². The van der Waals surface area contributed by atoms with E-state index in [1.165, 1.54) is 27.9 Å². The highest BCUT2D eigenvalue weighted by molar-refractivity contribution is 7.93.